The van der Waals surface area contributed by atoms with Gasteiger partial charge in [-0.25, -0.2) is 0 Å². The quantitative estimate of drug-likeness (QED) is 0.799. The normalized spacial score (nSPS) is 25.2. The van der Waals surface area contributed by atoms with Gasteiger partial charge in [-0.1, -0.05) is 19.0 Å². The van der Waals surface area contributed by atoms with Gasteiger partial charge in [0.2, 0.25) is 5.89 Å². The van der Waals surface area contributed by atoms with Crippen molar-refractivity contribution in [1.29, 1.82) is 0 Å². The molecule has 2 saturated heterocycles. The number of rotatable bonds is 3. The molecule has 2 aromatic heterocycles. The summed E-state index contributed by atoms with van der Waals surface area (Å²) in [5, 5.41) is 7.49. The summed E-state index contributed by atoms with van der Waals surface area (Å²) in [5.74, 6) is 1.86. The Hall–Kier alpha value is -2.19. The summed E-state index contributed by atoms with van der Waals surface area (Å²) < 4.78 is 7.29. The number of fused-ring (bicyclic) bond motifs is 4. The minimum Gasteiger partial charge on any atom is -0.337 e. The van der Waals surface area contributed by atoms with Crippen LogP contribution in [-0.2, 0) is 6.54 Å². The van der Waals surface area contributed by atoms with Gasteiger partial charge in [0, 0.05) is 37.2 Å². The molecule has 5 rings (SSSR count). The van der Waals surface area contributed by atoms with Crippen LogP contribution in [0.1, 0.15) is 78.8 Å². The van der Waals surface area contributed by atoms with Crippen LogP contribution in [0.3, 0.4) is 0 Å². The number of hydrogen-bond acceptors (Lipinski definition) is 6. The van der Waals surface area contributed by atoms with E-state index in [1.54, 1.807) is 11.0 Å². The molecule has 0 aromatic carbocycles. The second-order valence-corrected chi connectivity index (χ2v) is 8.85. The Morgan fingerprint density at radius 1 is 1.30 bits per heavy atom. The van der Waals surface area contributed by atoms with E-state index in [1.807, 2.05) is 24.5 Å². The first-order valence-electron chi connectivity index (χ1n) is 10.6. The molecule has 0 unspecified atom stereocenters. The van der Waals surface area contributed by atoms with Crippen molar-refractivity contribution in [3.05, 3.63) is 45.5 Å². The molecule has 1 amide bonds. The Kier molecular flexibility index (Phi) is 5.72. The van der Waals surface area contributed by atoms with Gasteiger partial charge in [-0.2, -0.15) is 4.98 Å². The lowest BCUT2D eigenvalue weighted by Crippen LogP contribution is -2.46. The van der Waals surface area contributed by atoms with Crippen molar-refractivity contribution in [2.45, 2.75) is 57.5 Å². The fourth-order valence-electron chi connectivity index (χ4n) is 4.99. The highest BCUT2D eigenvalue weighted by Gasteiger charge is 2.37. The highest BCUT2D eigenvalue weighted by molar-refractivity contribution is 5.94. The molecular formula is C21H28ClN5O3. The van der Waals surface area contributed by atoms with Crippen LogP contribution in [0.5, 0.6) is 0 Å². The smallest absolute Gasteiger partial charge is 0.263 e. The Balaban J connectivity index is 0.00000218. The zero-order valence-electron chi connectivity index (χ0n) is 17.3. The highest BCUT2D eigenvalue weighted by Crippen LogP contribution is 2.34. The minimum atomic E-state index is -0.258. The highest BCUT2D eigenvalue weighted by atomic mass is 35.5. The Labute approximate surface area is 181 Å². The van der Waals surface area contributed by atoms with Crippen LogP contribution in [0.15, 0.2) is 21.5 Å². The lowest BCUT2D eigenvalue weighted by atomic mass is 9.84. The average Bonchev–Trinajstić information content (AvgIpc) is 3.38. The van der Waals surface area contributed by atoms with Gasteiger partial charge < -0.3 is 19.3 Å². The SMILES string of the molecule is CC(C)c1noc([C@@H]2CCCN2C(=O)c2ccc3n(c2=O)C[C@@H]2CNC[C@H]3C2)n1.Cl. The molecule has 1 N–H and O–H groups in total. The first-order valence-corrected chi connectivity index (χ1v) is 10.6. The third-order valence-corrected chi connectivity index (χ3v) is 6.51. The number of piperidine rings is 1. The molecule has 162 valence electrons. The number of nitrogens with zero attached hydrogens (tertiary/aromatic N) is 4. The predicted molar refractivity (Wildman–Crippen MR) is 113 cm³/mol. The monoisotopic (exact) mass is 433 g/mol. The maximum absolute atomic E-state index is 13.3. The van der Waals surface area contributed by atoms with Crippen LogP contribution in [-0.4, -0.2) is 45.1 Å². The van der Waals surface area contributed by atoms with E-state index >= 15 is 0 Å². The summed E-state index contributed by atoms with van der Waals surface area (Å²) in [6.45, 7) is 7.12. The number of aromatic nitrogens is 3. The van der Waals surface area contributed by atoms with Crippen molar-refractivity contribution in [3.8, 4) is 0 Å². The van der Waals surface area contributed by atoms with Crippen molar-refractivity contribution in [3.63, 3.8) is 0 Å². The molecule has 9 heteroatoms. The molecule has 0 radical (unpaired) electrons. The molecule has 0 aliphatic carbocycles. The number of pyridine rings is 1. The molecule has 5 heterocycles. The van der Waals surface area contributed by atoms with E-state index in [0.717, 1.165) is 38.0 Å². The van der Waals surface area contributed by atoms with Crippen LogP contribution in [0.2, 0.25) is 0 Å². The van der Waals surface area contributed by atoms with Crippen LogP contribution in [0, 0.1) is 5.92 Å². The molecule has 3 aliphatic heterocycles. The van der Waals surface area contributed by atoms with Crippen molar-refractivity contribution >= 4 is 18.3 Å². The molecule has 2 fully saturated rings. The first-order chi connectivity index (χ1) is 14.0. The molecular weight excluding hydrogens is 406 g/mol. The van der Waals surface area contributed by atoms with Gasteiger partial charge in [0.25, 0.3) is 11.5 Å². The Bertz CT molecular complexity index is 1000. The maximum Gasteiger partial charge on any atom is 0.263 e. The zero-order chi connectivity index (χ0) is 20.1. The Morgan fingerprint density at radius 2 is 2.13 bits per heavy atom. The van der Waals surface area contributed by atoms with Gasteiger partial charge in [0.1, 0.15) is 11.6 Å². The van der Waals surface area contributed by atoms with E-state index in [-0.39, 0.29) is 41.4 Å². The summed E-state index contributed by atoms with van der Waals surface area (Å²) >= 11 is 0. The lowest BCUT2D eigenvalue weighted by Gasteiger charge is -2.37. The topological polar surface area (TPSA) is 93.3 Å². The second kappa shape index (κ2) is 8.15. The van der Waals surface area contributed by atoms with E-state index in [0.29, 0.717) is 36.6 Å². The van der Waals surface area contributed by atoms with Crippen molar-refractivity contribution in [1.82, 2.24) is 24.9 Å². The van der Waals surface area contributed by atoms with Crippen molar-refractivity contribution in [2.75, 3.05) is 19.6 Å². The van der Waals surface area contributed by atoms with Gasteiger partial charge in [-0.3, -0.25) is 9.59 Å². The van der Waals surface area contributed by atoms with Gasteiger partial charge in [-0.05, 0) is 43.9 Å². The van der Waals surface area contributed by atoms with Gasteiger partial charge in [0.15, 0.2) is 5.82 Å². The standard InChI is InChI=1S/C21H27N5O3.ClH/c1-12(2)18-23-19(29-24-18)17-4-3-7-25(17)20(27)15-5-6-16-14-8-13(9-22-10-14)11-26(16)21(15)28;/h5-6,12-14,17,22H,3-4,7-11H2,1-2H3;1H/t13-,14+,17-;/m0./s1. The molecule has 3 aliphatic rings. The predicted octanol–water partition coefficient (Wildman–Crippen LogP) is 2.46. The van der Waals surface area contributed by atoms with Crippen LogP contribution < -0.4 is 10.9 Å². The molecule has 2 bridgehead atoms. The third kappa shape index (κ3) is 3.46. The average molecular weight is 434 g/mol. The largest absolute Gasteiger partial charge is 0.337 e. The second-order valence-electron chi connectivity index (χ2n) is 8.85. The maximum atomic E-state index is 13.3. The van der Waals surface area contributed by atoms with Crippen LogP contribution in [0.25, 0.3) is 0 Å². The number of amides is 1. The Morgan fingerprint density at radius 3 is 2.90 bits per heavy atom. The summed E-state index contributed by atoms with van der Waals surface area (Å²) in [4.78, 5) is 32.8. The molecule has 30 heavy (non-hydrogen) atoms. The van der Waals surface area contributed by atoms with E-state index in [4.69, 9.17) is 4.52 Å². The molecule has 0 spiro atoms. The summed E-state index contributed by atoms with van der Waals surface area (Å²) in [6, 6.07) is 3.43. The fourth-order valence-corrected chi connectivity index (χ4v) is 4.99. The number of carbonyl (C=O) groups is 1. The van der Waals surface area contributed by atoms with Gasteiger partial charge >= 0.3 is 0 Å². The molecule has 2 aromatic rings. The summed E-state index contributed by atoms with van der Waals surface area (Å²) in [7, 11) is 0. The molecule has 3 atom stereocenters. The van der Waals surface area contributed by atoms with E-state index in [2.05, 4.69) is 15.5 Å². The number of hydrogen-bond donors (Lipinski definition) is 1. The van der Waals surface area contributed by atoms with E-state index < -0.39 is 0 Å². The zero-order valence-corrected chi connectivity index (χ0v) is 18.2. The summed E-state index contributed by atoms with van der Waals surface area (Å²) in [5.41, 5.74) is 1.13. The number of halogens is 1. The number of likely N-dealkylation sites (tertiary alicyclic amines) is 1. The van der Waals surface area contributed by atoms with Crippen LogP contribution >= 0.6 is 12.4 Å². The van der Waals surface area contributed by atoms with E-state index in [1.165, 1.54) is 0 Å². The van der Waals surface area contributed by atoms with Gasteiger partial charge in [-0.15, -0.1) is 12.4 Å². The molecule has 8 nitrogen and oxygen atoms in total. The first kappa shape index (κ1) is 21.1. The molecule has 0 saturated carbocycles. The van der Waals surface area contributed by atoms with Crippen molar-refractivity contribution in [2.24, 2.45) is 5.92 Å². The number of carbonyl (C=O) groups excluding carboxylic acids is 1. The van der Waals surface area contributed by atoms with Crippen LogP contribution in [0.4, 0.5) is 0 Å². The lowest BCUT2D eigenvalue weighted by molar-refractivity contribution is 0.0706. The summed E-state index contributed by atoms with van der Waals surface area (Å²) in [6.07, 6.45) is 2.74. The van der Waals surface area contributed by atoms with Crippen molar-refractivity contribution < 1.29 is 9.32 Å². The fraction of sp³-hybridized carbons (Fsp3) is 0.619. The number of nitrogens with one attached hydrogen (secondary N) is 1. The van der Waals surface area contributed by atoms with E-state index in [9.17, 15) is 9.59 Å². The third-order valence-electron chi connectivity index (χ3n) is 6.51. The minimum absolute atomic E-state index is 0. The van der Waals surface area contributed by atoms with Gasteiger partial charge in [0.05, 0.1) is 0 Å².